The Balaban J connectivity index is 1.91. The molecule has 3 aromatic carbocycles. The van der Waals surface area contributed by atoms with E-state index >= 15 is 0 Å². The van der Waals surface area contributed by atoms with Gasteiger partial charge in [0.05, 0.1) is 26.3 Å². The van der Waals surface area contributed by atoms with Crippen LogP contribution in [0.2, 0.25) is 0 Å². The Morgan fingerprint density at radius 1 is 1.00 bits per heavy atom. The summed E-state index contributed by atoms with van der Waals surface area (Å²) in [5.74, 6) is 0.577. The fraction of sp³-hybridized carbons (Fsp3) is 0.333. The number of ether oxygens (including phenoxy) is 3. The lowest BCUT2D eigenvalue weighted by Gasteiger charge is -2.34. The van der Waals surface area contributed by atoms with Crippen molar-refractivity contribution in [2.24, 2.45) is 0 Å². The van der Waals surface area contributed by atoms with Gasteiger partial charge in [-0.3, -0.25) is 14.5 Å². The lowest BCUT2D eigenvalue weighted by atomic mass is 9.99. The first-order valence-corrected chi connectivity index (χ1v) is 13.0. The van der Waals surface area contributed by atoms with Crippen molar-refractivity contribution < 1.29 is 23.8 Å². The summed E-state index contributed by atoms with van der Waals surface area (Å²) in [7, 11) is 3.03. The standard InChI is InChI=1S/C30H35N5O5/c1-7-40-21-13-10-12-20(18-21)35(26(36)19-34-24-16-9-8-15-23(24)32-33-34)27(29(37)31-30(2,3)4)22-14-11-17-25(38-5)28(22)39-6/h8-18,27H,7,19H2,1-6H3,(H,31,37)/t27-/m1/s1. The van der Waals surface area contributed by atoms with Crippen molar-refractivity contribution in [3.63, 3.8) is 0 Å². The quantitative estimate of drug-likeness (QED) is 0.312. The highest BCUT2D eigenvalue weighted by Gasteiger charge is 2.37. The fourth-order valence-electron chi connectivity index (χ4n) is 4.53. The van der Waals surface area contributed by atoms with Gasteiger partial charge in [-0.1, -0.05) is 35.5 Å². The average Bonchev–Trinajstić information content (AvgIpc) is 3.33. The Hall–Kier alpha value is -4.60. The van der Waals surface area contributed by atoms with E-state index in [2.05, 4.69) is 15.6 Å². The molecule has 0 aliphatic rings. The fourth-order valence-corrected chi connectivity index (χ4v) is 4.53. The van der Waals surface area contributed by atoms with Crippen molar-refractivity contribution in [1.82, 2.24) is 20.3 Å². The summed E-state index contributed by atoms with van der Waals surface area (Å²) >= 11 is 0. The molecule has 2 amide bonds. The van der Waals surface area contributed by atoms with Gasteiger partial charge in [-0.25, -0.2) is 4.68 Å². The third kappa shape index (κ3) is 6.17. The number of hydrogen-bond acceptors (Lipinski definition) is 7. The predicted molar refractivity (Wildman–Crippen MR) is 153 cm³/mol. The van der Waals surface area contributed by atoms with Gasteiger partial charge >= 0.3 is 0 Å². The zero-order valence-electron chi connectivity index (χ0n) is 23.7. The molecular formula is C30H35N5O5. The third-order valence-corrected chi connectivity index (χ3v) is 6.11. The van der Waals surface area contributed by atoms with Crippen LogP contribution in [0.25, 0.3) is 11.0 Å². The number of benzene rings is 3. The summed E-state index contributed by atoms with van der Waals surface area (Å²) in [5, 5.41) is 11.4. The molecule has 0 fully saturated rings. The van der Waals surface area contributed by atoms with E-state index in [9.17, 15) is 9.59 Å². The summed E-state index contributed by atoms with van der Waals surface area (Å²) in [4.78, 5) is 29.9. The van der Waals surface area contributed by atoms with E-state index in [0.29, 0.717) is 46.1 Å². The monoisotopic (exact) mass is 545 g/mol. The average molecular weight is 546 g/mol. The van der Waals surface area contributed by atoms with Crippen LogP contribution in [0, 0.1) is 0 Å². The number of nitrogens with zero attached hydrogens (tertiary/aromatic N) is 4. The molecule has 1 aromatic heterocycles. The van der Waals surface area contributed by atoms with Crippen molar-refractivity contribution in [3.05, 3.63) is 72.3 Å². The Labute approximate surface area is 233 Å². The molecule has 10 nitrogen and oxygen atoms in total. The summed E-state index contributed by atoms with van der Waals surface area (Å²) in [5.41, 5.74) is 1.72. The number of carbonyl (C=O) groups is 2. The number of fused-ring (bicyclic) bond motifs is 1. The van der Waals surface area contributed by atoms with Crippen LogP contribution in [0.3, 0.4) is 0 Å². The van der Waals surface area contributed by atoms with E-state index in [0.717, 1.165) is 0 Å². The van der Waals surface area contributed by atoms with Crippen LogP contribution in [0.1, 0.15) is 39.3 Å². The van der Waals surface area contributed by atoms with Gasteiger partial charge < -0.3 is 19.5 Å². The SMILES string of the molecule is CCOc1cccc(N(C(=O)Cn2nnc3ccccc32)[C@@H](C(=O)NC(C)(C)C)c2cccc(OC)c2OC)c1. The van der Waals surface area contributed by atoms with Crippen LogP contribution in [-0.4, -0.2) is 53.2 Å². The Morgan fingerprint density at radius 3 is 2.45 bits per heavy atom. The molecular weight excluding hydrogens is 510 g/mol. The number of amides is 2. The maximum Gasteiger partial charge on any atom is 0.249 e. The lowest BCUT2D eigenvalue weighted by molar-refractivity contribution is -0.128. The Morgan fingerprint density at radius 2 is 1.75 bits per heavy atom. The molecule has 4 rings (SSSR count). The molecule has 0 saturated carbocycles. The van der Waals surface area contributed by atoms with Gasteiger partial charge in [0.1, 0.15) is 23.9 Å². The van der Waals surface area contributed by atoms with Crippen LogP contribution in [-0.2, 0) is 16.1 Å². The number of para-hydroxylation sites is 2. The summed E-state index contributed by atoms with van der Waals surface area (Å²) in [6, 6.07) is 18.6. The number of carbonyl (C=O) groups excluding carboxylic acids is 2. The van der Waals surface area contributed by atoms with Crippen LogP contribution in [0.15, 0.2) is 66.7 Å². The van der Waals surface area contributed by atoms with Gasteiger partial charge in [-0.2, -0.15) is 0 Å². The second-order valence-corrected chi connectivity index (χ2v) is 10.2. The summed E-state index contributed by atoms with van der Waals surface area (Å²) in [6.45, 7) is 7.81. The van der Waals surface area contributed by atoms with Crippen molar-refractivity contribution in [1.29, 1.82) is 0 Å². The van der Waals surface area contributed by atoms with Gasteiger partial charge in [-0.15, -0.1) is 5.10 Å². The summed E-state index contributed by atoms with van der Waals surface area (Å²) in [6.07, 6.45) is 0. The van der Waals surface area contributed by atoms with Gasteiger partial charge in [0.2, 0.25) is 11.8 Å². The molecule has 0 bridgehead atoms. The molecule has 1 atom stereocenters. The number of nitrogens with one attached hydrogen (secondary N) is 1. The van der Waals surface area contributed by atoms with Gasteiger partial charge in [0.25, 0.3) is 0 Å². The molecule has 40 heavy (non-hydrogen) atoms. The zero-order valence-corrected chi connectivity index (χ0v) is 23.7. The van der Waals surface area contributed by atoms with E-state index in [-0.39, 0.29) is 12.5 Å². The molecule has 210 valence electrons. The number of anilines is 1. The third-order valence-electron chi connectivity index (χ3n) is 6.11. The van der Waals surface area contributed by atoms with E-state index in [4.69, 9.17) is 14.2 Å². The highest BCUT2D eigenvalue weighted by Crippen LogP contribution is 2.40. The smallest absolute Gasteiger partial charge is 0.249 e. The second kappa shape index (κ2) is 12.1. The van der Waals surface area contributed by atoms with Crippen molar-refractivity contribution >= 4 is 28.5 Å². The van der Waals surface area contributed by atoms with Gasteiger partial charge in [-0.05, 0) is 58.0 Å². The normalized spacial score (nSPS) is 12.1. The van der Waals surface area contributed by atoms with Crippen molar-refractivity contribution in [3.8, 4) is 17.2 Å². The minimum atomic E-state index is -1.12. The molecule has 1 heterocycles. The molecule has 0 saturated heterocycles. The number of aromatic nitrogens is 3. The molecule has 0 aliphatic heterocycles. The maximum absolute atomic E-state index is 14.3. The van der Waals surface area contributed by atoms with Crippen LogP contribution in [0.4, 0.5) is 5.69 Å². The Kier molecular flexibility index (Phi) is 8.57. The van der Waals surface area contributed by atoms with E-state index < -0.39 is 17.5 Å². The molecule has 0 unspecified atom stereocenters. The molecule has 0 radical (unpaired) electrons. The van der Waals surface area contributed by atoms with E-state index in [1.165, 1.54) is 23.8 Å². The molecule has 10 heteroatoms. The van der Waals surface area contributed by atoms with Crippen molar-refractivity contribution in [2.45, 2.75) is 45.8 Å². The van der Waals surface area contributed by atoms with E-state index in [1.54, 1.807) is 42.5 Å². The summed E-state index contributed by atoms with van der Waals surface area (Å²) < 4.78 is 18.5. The second-order valence-electron chi connectivity index (χ2n) is 10.2. The largest absolute Gasteiger partial charge is 0.494 e. The lowest BCUT2D eigenvalue weighted by Crippen LogP contribution is -2.50. The number of rotatable bonds is 10. The zero-order chi connectivity index (χ0) is 28.9. The van der Waals surface area contributed by atoms with Gasteiger partial charge in [0, 0.05) is 22.9 Å². The molecule has 0 aliphatic carbocycles. The first kappa shape index (κ1) is 28.4. The highest BCUT2D eigenvalue weighted by molar-refractivity contribution is 6.02. The topological polar surface area (TPSA) is 108 Å². The number of hydrogen-bond donors (Lipinski definition) is 1. The van der Waals surface area contributed by atoms with Crippen LogP contribution < -0.4 is 24.4 Å². The van der Waals surface area contributed by atoms with Crippen LogP contribution in [0.5, 0.6) is 17.2 Å². The first-order valence-electron chi connectivity index (χ1n) is 13.0. The first-order chi connectivity index (χ1) is 19.2. The maximum atomic E-state index is 14.3. The molecule has 1 N–H and O–H groups in total. The number of methoxy groups -OCH3 is 2. The van der Waals surface area contributed by atoms with Gasteiger partial charge in [0.15, 0.2) is 11.5 Å². The Bertz CT molecular complexity index is 1490. The van der Waals surface area contributed by atoms with Crippen molar-refractivity contribution in [2.75, 3.05) is 25.7 Å². The minimum Gasteiger partial charge on any atom is -0.494 e. The van der Waals surface area contributed by atoms with E-state index in [1.807, 2.05) is 52.0 Å². The van der Waals surface area contributed by atoms with Crippen LogP contribution >= 0.6 is 0 Å². The molecule has 4 aromatic rings. The predicted octanol–water partition coefficient (Wildman–Crippen LogP) is 4.54. The highest BCUT2D eigenvalue weighted by atomic mass is 16.5. The molecule has 0 spiro atoms. The minimum absolute atomic E-state index is 0.162.